The third-order valence-corrected chi connectivity index (χ3v) is 1.33. The number of unbranched alkanes of at least 4 members (excludes halogenated alkanes) is 1. The molecule has 0 saturated carbocycles. The largest absolute Gasteiger partial charge is 0.453 e. The predicted octanol–water partition coefficient (Wildman–Crippen LogP) is 3.31. The molecule has 2 amide bonds. The van der Waals surface area contributed by atoms with Gasteiger partial charge < -0.3 is 9.47 Å². The van der Waals surface area contributed by atoms with Crippen molar-refractivity contribution >= 4 is 12.2 Å². The van der Waals surface area contributed by atoms with Gasteiger partial charge in [0.05, 0.1) is 6.61 Å². The van der Waals surface area contributed by atoms with E-state index in [-0.39, 0.29) is 6.61 Å². The zero-order valence-electron chi connectivity index (χ0n) is 10.1. The van der Waals surface area contributed by atoms with Crippen LogP contribution in [0.25, 0.3) is 0 Å². The summed E-state index contributed by atoms with van der Waals surface area (Å²) in [7, 11) is 0. The molecule has 0 aliphatic heterocycles. The lowest BCUT2D eigenvalue weighted by molar-refractivity contribution is 0.0586. The Bertz CT molecular complexity index is 268. The van der Waals surface area contributed by atoms with E-state index in [0.29, 0.717) is 0 Å². The summed E-state index contributed by atoms with van der Waals surface area (Å²) in [6.45, 7) is 7.33. The number of carbonyl (C=O) groups excluding carboxylic acids is 2. The van der Waals surface area contributed by atoms with Crippen LogP contribution in [0.3, 0.4) is 0 Å². The maximum atomic E-state index is 11.0. The smallest absolute Gasteiger partial charge is 0.447 e. The van der Waals surface area contributed by atoms with Crippen molar-refractivity contribution in [3.8, 4) is 0 Å². The van der Waals surface area contributed by atoms with Gasteiger partial charge in [0.25, 0.3) is 0 Å². The summed E-state index contributed by atoms with van der Waals surface area (Å²) < 4.78 is 9.46. The lowest BCUT2D eigenvalue weighted by Gasteiger charge is -2.16. The van der Waals surface area contributed by atoms with Crippen LogP contribution < -0.4 is 0 Å². The Labute approximate surface area is 95.0 Å². The first-order valence-electron chi connectivity index (χ1n) is 5.16. The summed E-state index contributed by atoms with van der Waals surface area (Å²) in [5, 5.41) is 6.15. The third kappa shape index (κ3) is 9.11. The highest BCUT2D eigenvalue weighted by atomic mass is 16.6. The van der Waals surface area contributed by atoms with Gasteiger partial charge in [-0.2, -0.15) is 0 Å². The Balaban J connectivity index is 3.89. The second-order valence-corrected chi connectivity index (χ2v) is 4.15. The molecule has 0 aromatic carbocycles. The molecule has 0 radical (unpaired) electrons. The molecular weight excluding hydrogens is 212 g/mol. The number of azo groups is 1. The molecule has 0 fully saturated rings. The van der Waals surface area contributed by atoms with Crippen LogP contribution in [0.1, 0.15) is 40.5 Å². The van der Waals surface area contributed by atoms with Gasteiger partial charge in [-0.3, -0.25) is 0 Å². The molecule has 0 saturated heterocycles. The van der Waals surface area contributed by atoms with Gasteiger partial charge in [0.2, 0.25) is 0 Å². The highest BCUT2D eigenvalue weighted by Gasteiger charge is 2.16. The van der Waals surface area contributed by atoms with E-state index in [1.165, 1.54) is 0 Å². The standard InChI is InChI=1S/C10H18N2O4/c1-5-6-7-15-8(13)11-12-9(14)16-10(2,3)4/h5-7H2,1-4H3/b12-11+. The van der Waals surface area contributed by atoms with Crippen molar-refractivity contribution in [3.05, 3.63) is 0 Å². The van der Waals surface area contributed by atoms with Crippen LogP contribution in [-0.2, 0) is 9.47 Å². The SMILES string of the molecule is CCCCOC(=O)/N=N/C(=O)OC(C)(C)C. The molecule has 0 N–H and O–H groups in total. The number of rotatable bonds is 3. The van der Waals surface area contributed by atoms with Crippen LogP contribution in [0.15, 0.2) is 10.2 Å². The van der Waals surface area contributed by atoms with Crippen molar-refractivity contribution < 1.29 is 19.1 Å². The summed E-state index contributed by atoms with van der Waals surface area (Å²) in [6, 6.07) is 0. The minimum absolute atomic E-state index is 0.280. The van der Waals surface area contributed by atoms with Gasteiger partial charge in [0, 0.05) is 0 Å². The topological polar surface area (TPSA) is 77.3 Å². The average Bonchev–Trinajstić information content (AvgIpc) is 2.12. The molecule has 92 valence electrons. The Kier molecular flexibility index (Phi) is 6.29. The van der Waals surface area contributed by atoms with E-state index in [1.54, 1.807) is 20.8 Å². The van der Waals surface area contributed by atoms with Crippen molar-refractivity contribution in [3.63, 3.8) is 0 Å². The maximum absolute atomic E-state index is 11.0. The second-order valence-electron chi connectivity index (χ2n) is 4.15. The van der Waals surface area contributed by atoms with E-state index >= 15 is 0 Å². The Morgan fingerprint density at radius 1 is 1.12 bits per heavy atom. The van der Waals surface area contributed by atoms with Crippen LogP contribution in [0.4, 0.5) is 9.59 Å². The van der Waals surface area contributed by atoms with Crippen LogP contribution in [0.2, 0.25) is 0 Å². The molecule has 0 aliphatic carbocycles. The fourth-order valence-corrected chi connectivity index (χ4v) is 0.697. The molecule has 0 aromatic rings. The lowest BCUT2D eigenvalue weighted by Crippen LogP contribution is -2.21. The first-order chi connectivity index (χ1) is 7.35. The number of hydrogen-bond donors (Lipinski definition) is 0. The summed E-state index contributed by atoms with van der Waals surface area (Å²) in [5.41, 5.74) is -0.651. The molecule has 0 aromatic heterocycles. The van der Waals surface area contributed by atoms with Gasteiger partial charge in [0.1, 0.15) is 5.60 Å². The van der Waals surface area contributed by atoms with Gasteiger partial charge in [-0.05, 0) is 27.2 Å². The molecule has 0 rings (SSSR count). The zero-order valence-corrected chi connectivity index (χ0v) is 10.1. The molecule has 6 heteroatoms. The van der Waals surface area contributed by atoms with E-state index in [9.17, 15) is 9.59 Å². The number of hydrogen-bond acceptors (Lipinski definition) is 4. The quantitative estimate of drug-likeness (QED) is 0.550. The summed E-state index contributed by atoms with van der Waals surface area (Å²) in [4.78, 5) is 21.9. The monoisotopic (exact) mass is 230 g/mol. The van der Waals surface area contributed by atoms with Gasteiger partial charge in [-0.1, -0.05) is 23.6 Å². The van der Waals surface area contributed by atoms with Crippen molar-refractivity contribution in [1.82, 2.24) is 0 Å². The van der Waals surface area contributed by atoms with Gasteiger partial charge >= 0.3 is 12.2 Å². The maximum Gasteiger partial charge on any atom is 0.453 e. The second kappa shape index (κ2) is 6.92. The van der Waals surface area contributed by atoms with Gasteiger partial charge in [-0.15, -0.1) is 0 Å². The summed E-state index contributed by atoms with van der Waals surface area (Å²) in [6.07, 6.45) is -0.108. The fraction of sp³-hybridized carbons (Fsp3) is 0.800. The molecule has 6 nitrogen and oxygen atoms in total. The molecule has 0 unspecified atom stereocenters. The number of ether oxygens (including phenoxy) is 2. The fourth-order valence-electron chi connectivity index (χ4n) is 0.697. The van der Waals surface area contributed by atoms with Crippen molar-refractivity contribution in [1.29, 1.82) is 0 Å². The molecular formula is C10H18N2O4. The molecule has 0 bridgehead atoms. The van der Waals surface area contributed by atoms with E-state index in [1.807, 2.05) is 6.92 Å². The van der Waals surface area contributed by atoms with Crippen molar-refractivity contribution in [2.45, 2.75) is 46.1 Å². The van der Waals surface area contributed by atoms with Crippen LogP contribution in [-0.4, -0.2) is 24.4 Å². The number of nitrogens with zero attached hydrogens (tertiary/aromatic N) is 2. The van der Waals surface area contributed by atoms with Crippen molar-refractivity contribution in [2.24, 2.45) is 10.2 Å². The summed E-state index contributed by atoms with van der Waals surface area (Å²) in [5.74, 6) is 0. The summed E-state index contributed by atoms with van der Waals surface area (Å²) >= 11 is 0. The molecule has 16 heavy (non-hydrogen) atoms. The Morgan fingerprint density at radius 2 is 1.69 bits per heavy atom. The zero-order chi connectivity index (χ0) is 12.6. The Morgan fingerprint density at radius 3 is 2.19 bits per heavy atom. The lowest BCUT2D eigenvalue weighted by atomic mass is 10.2. The molecule has 0 spiro atoms. The third-order valence-electron chi connectivity index (χ3n) is 1.33. The van der Waals surface area contributed by atoms with E-state index < -0.39 is 17.8 Å². The van der Waals surface area contributed by atoms with Crippen LogP contribution in [0, 0.1) is 0 Å². The van der Waals surface area contributed by atoms with Crippen LogP contribution >= 0.6 is 0 Å². The molecule has 0 heterocycles. The highest BCUT2D eigenvalue weighted by molar-refractivity contribution is 5.73. The Hall–Kier alpha value is -1.46. The van der Waals surface area contributed by atoms with Gasteiger partial charge in [-0.25, -0.2) is 9.59 Å². The van der Waals surface area contributed by atoms with Gasteiger partial charge in [0.15, 0.2) is 0 Å². The van der Waals surface area contributed by atoms with E-state index in [2.05, 4.69) is 15.0 Å². The first-order valence-corrected chi connectivity index (χ1v) is 5.16. The molecule has 0 atom stereocenters. The first kappa shape index (κ1) is 14.5. The number of carbonyl (C=O) groups is 2. The van der Waals surface area contributed by atoms with E-state index in [4.69, 9.17) is 4.74 Å². The predicted molar refractivity (Wildman–Crippen MR) is 57.3 cm³/mol. The minimum atomic E-state index is -0.903. The van der Waals surface area contributed by atoms with Crippen molar-refractivity contribution in [2.75, 3.05) is 6.61 Å². The highest BCUT2D eigenvalue weighted by Crippen LogP contribution is 2.08. The van der Waals surface area contributed by atoms with E-state index in [0.717, 1.165) is 12.8 Å². The average molecular weight is 230 g/mol. The normalized spacial score (nSPS) is 11.5. The number of amides is 2. The van der Waals surface area contributed by atoms with Crippen LogP contribution in [0.5, 0.6) is 0 Å². The minimum Gasteiger partial charge on any atom is -0.447 e. The molecule has 0 aliphatic rings.